The molecule has 0 unspecified atom stereocenters. The Morgan fingerprint density at radius 1 is 1.06 bits per heavy atom. The van der Waals surface area contributed by atoms with Gasteiger partial charge in [0.25, 0.3) is 5.91 Å². The van der Waals surface area contributed by atoms with Gasteiger partial charge in [-0.15, -0.1) is 0 Å². The largest absolute Gasteiger partial charge is 0.380 e. The van der Waals surface area contributed by atoms with Crippen LogP contribution in [0.5, 0.6) is 0 Å². The molecule has 2 amide bonds. The molecule has 0 atom stereocenters. The number of rotatable bonds is 9. The number of nitrogens with zero attached hydrogens (tertiary/aromatic N) is 2. The van der Waals surface area contributed by atoms with Gasteiger partial charge >= 0.3 is 0 Å². The highest BCUT2D eigenvalue weighted by molar-refractivity contribution is 5.99. The van der Waals surface area contributed by atoms with Gasteiger partial charge in [0.05, 0.1) is 23.8 Å². The maximum atomic E-state index is 12.6. The number of amides is 2. The van der Waals surface area contributed by atoms with E-state index >= 15 is 0 Å². The summed E-state index contributed by atoms with van der Waals surface area (Å²) in [7, 11) is 0. The van der Waals surface area contributed by atoms with Crippen LogP contribution >= 0.6 is 0 Å². The Hall–Kier alpha value is -4.22. The minimum Gasteiger partial charge on any atom is -0.380 e. The van der Waals surface area contributed by atoms with Crippen molar-refractivity contribution in [3.8, 4) is 6.07 Å². The van der Waals surface area contributed by atoms with E-state index in [9.17, 15) is 9.59 Å². The zero-order valence-corrected chi connectivity index (χ0v) is 17.9. The number of hydrogen-bond acceptors (Lipinski definition) is 6. The van der Waals surface area contributed by atoms with Gasteiger partial charge in [-0.2, -0.15) is 5.26 Å². The third kappa shape index (κ3) is 6.15. The standard InChI is InChI=1S/C25H23N5O3/c26-14-17-5-7-18(8-6-17)16-33-30-25(32)21-3-1-2-4-22(21)28-15-19-11-12-27-23(13-19)29-24(31)20-9-10-20/h1-8,11-13,20,28H,9-10,15-16H2,(H,30,32)(H,27,29,31). The minimum absolute atomic E-state index is 0.00984. The molecule has 8 heteroatoms. The topological polar surface area (TPSA) is 116 Å². The van der Waals surface area contributed by atoms with E-state index in [1.54, 1.807) is 42.6 Å². The maximum Gasteiger partial charge on any atom is 0.276 e. The monoisotopic (exact) mass is 441 g/mol. The third-order valence-corrected chi connectivity index (χ3v) is 5.17. The number of nitriles is 1. The Balaban J connectivity index is 1.32. The number of anilines is 2. The Labute approximate surface area is 191 Å². The van der Waals surface area contributed by atoms with Crippen LogP contribution in [-0.2, 0) is 22.8 Å². The van der Waals surface area contributed by atoms with Gasteiger partial charge in [-0.3, -0.25) is 14.4 Å². The number of para-hydroxylation sites is 1. The molecule has 0 saturated heterocycles. The molecule has 8 nitrogen and oxygen atoms in total. The van der Waals surface area contributed by atoms with Crippen LogP contribution in [0, 0.1) is 17.2 Å². The lowest BCUT2D eigenvalue weighted by molar-refractivity contribution is -0.117. The van der Waals surface area contributed by atoms with Crippen molar-refractivity contribution in [1.29, 1.82) is 5.26 Å². The van der Waals surface area contributed by atoms with Crippen LogP contribution in [0.3, 0.4) is 0 Å². The van der Waals surface area contributed by atoms with Crippen molar-refractivity contribution in [1.82, 2.24) is 10.5 Å². The van der Waals surface area contributed by atoms with Crippen LogP contribution < -0.4 is 16.1 Å². The molecule has 0 spiro atoms. The summed E-state index contributed by atoms with van der Waals surface area (Å²) in [5, 5.41) is 15.0. The van der Waals surface area contributed by atoms with Gasteiger partial charge in [-0.25, -0.2) is 10.5 Å². The number of pyridine rings is 1. The first-order valence-electron chi connectivity index (χ1n) is 10.6. The molecule has 1 fully saturated rings. The molecular formula is C25H23N5O3. The van der Waals surface area contributed by atoms with Crippen molar-refractivity contribution < 1.29 is 14.4 Å². The lowest BCUT2D eigenvalue weighted by Gasteiger charge is -2.13. The average molecular weight is 441 g/mol. The van der Waals surface area contributed by atoms with Gasteiger partial charge in [-0.05, 0) is 60.4 Å². The minimum atomic E-state index is -0.376. The molecule has 166 valence electrons. The summed E-state index contributed by atoms with van der Waals surface area (Å²) in [6.07, 6.45) is 3.52. The van der Waals surface area contributed by atoms with Crippen LogP contribution in [-0.4, -0.2) is 16.8 Å². The molecule has 0 aliphatic heterocycles. The molecule has 1 saturated carbocycles. The Morgan fingerprint density at radius 2 is 1.85 bits per heavy atom. The summed E-state index contributed by atoms with van der Waals surface area (Å²) in [6.45, 7) is 0.630. The van der Waals surface area contributed by atoms with Crippen molar-refractivity contribution in [2.75, 3.05) is 10.6 Å². The number of hydrogen-bond donors (Lipinski definition) is 3. The normalized spacial score (nSPS) is 12.5. The molecule has 3 N–H and O–H groups in total. The molecule has 1 heterocycles. The van der Waals surface area contributed by atoms with Crippen molar-refractivity contribution in [3.05, 3.63) is 89.1 Å². The van der Waals surface area contributed by atoms with Gasteiger partial charge in [0, 0.05) is 24.3 Å². The second-order valence-electron chi connectivity index (χ2n) is 7.74. The van der Waals surface area contributed by atoms with Gasteiger partial charge in [-0.1, -0.05) is 24.3 Å². The lowest BCUT2D eigenvalue weighted by Crippen LogP contribution is -2.24. The van der Waals surface area contributed by atoms with Gasteiger partial charge in [0.1, 0.15) is 5.82 Å². The van der Waals surface area contributed by atoms with Crippen LogP contribution in [0.1, 0.15) is 39.9 Å². The van der Waals surface area contributed by atoms with E-state index in [0.717, 1.165) is 24.0 Å². The first-order valence-corrected chi connectivity index (χ1v) is 10.6. The fourth-order valence-electron chi connectivity index (χ4n) is 3.17. The number of nitrogens with one attached hydrogen (secondary N) is 3. The lowest BCUT2D eigenvalue weighted by atomic mass is 10.1. The number of carbonyl (C=O) groups is 2. The smallest absolute Gasteiger partial charge is 0.276 e. The first kappa shape index (κ1) is 22.0. The molecule has 1 aromatic heterocycles. The Kier molecular flexibility index (Phi) is 6.93. The van der Waals surface area contributed by atoms with Crippen molar-refractivity contribution in [2.45, 2.75) is 26.0 Å². The summed E-state index contributed by atoms with van der Waals surface area (Å²) in [5.74, 6) is 0.265. The highest BCUT2D eigenvalue weighted by atomic mass is 16.6. The number of hydroxylamine groups is 1. The van der Waals surface area contributed by atoms with E-state index in [2.05, 4.69) is 27.2 Å². The van der Waals surface area contributed by atoms with Crippen LogP contribution in [0.25, 0.3) is 0 Å². The predicted molar refractivity (Wildman–Crippen MR) is 123 cm³/mol. The zero-order chi connectivity index (χ0) is 23.0. The summed E-state index contributed by atoms with van der Waals surface area (Å²) in [5.41, 5.74) is 5.87. The van der Waals surface area contributed by atoms with Crippen LogP contribution in [0.4, 0.5) is 11.5 Å². The van der Waals surface area contributed by atoms with Crippen LogP contribution in [0.15, 0.2) is 66.9 Å². The van der Waals surface area contributed by atoms with Gasteiger partial charge in [0.15, 0.2) is 0 Å². The molecule has 1 aliphatic rings. The Bertz CT molecular complexity index is 1180. The van der Waals surface area contributed by atoms with E-state index < -0.39 is 0 Å². The zero-order valence-electron chi connectivity index (χ0n) is 17.9. The molecular weight excluding hydrogens is 418 g/mol. The van der Waals surface area contributed by atoms with Crippen molar-refractivity contribution in [2.24, 2.45) is 5.92 Å². The summed E-state index contributed by atoms with van der Waals surface area (Å²) >= 11 is 0. The SMILES string of the molecule is N#Cc1ccc(CONC(=O)c2ccccc2NCc2ccnc(NC(=O)C3CC3)c2)cc1. The highest BCUT2D eigenvalue weighted by Gasteiger charge is 2.29. The molecule has 4 rings (SSSR count). The third-order valence-electron chi connectivity index (χ3n) is 5.17. The Morgan fingerprint density at radius 3 is 2.61 bits per heavy atom. The van der Waals surface area contributed by atoms with E-state index in [-0.39, 0.29) is 24.3 Å². The summed E-state index contributed by atoms with van der Waals surface area (Å²) in [6, 6.07) is 19.8. The predicted octanol–water partition coefficient (Wildman–Crippen LogP) is 3.78. The van der Waals surface area contributed by atoms with E-state index in [4.69, 9.17) is 10.1 Å². The number of carbonyl (C=O) groups excluding carboxylic acids is 2. The van der Waals surface area contributed by atoms with Crippen LogP contribution in [0.2, 0.25) is 0 Å². The van der Waals surface area contributed by atoms with E-state index in [1.807, 2.05) is 24.3 Å². The van der Waals surface area contributed by atoms with Gasteiger partial charge < -0.3 is 10.6 Å². The van der Waals surface area contributed by atoms with Crippen molar-refractivity contribution >= 4 is 23.3 Å². The van der Waals surface area contributed by atoms with E-state index in [1.165, 1.54) is 0 Å². The summed E-state index contributed by atoms with van der Waals surface area (Å²) in [4.78, 5) is 34.1. The molecule has 3 aromatic rings. The van der Waals surface area contributed by atoms with E-state index in [0.29, 0.717) is 29.2 Å². The molecule has 2 aromatic carbocycles. The highest BCUT2D eigenvalue weighted by Crippen LogP contribution is 2.30. The maximum absolute atomic E-state index is 12.6. The first-order chi connectivity index (χ1) is 16.1. The quantitative estimate of drug-likeness (QED) is 0.435. The second kappa shape index (κ2) is 10.4. The average Bonchev–Trinajstić information content (AvgIpc) is 3.69. The second-order valence-corrected chi connectivity index (χ2v) is 7.74. The molecule has 0 radical (unpaired) electrons. The van der Waals surface area contributed by atoms with Gasteiger partial charge in [0.2, 0.25) is 5.91 Å². The fourth-order valence-corrected chi connectivity index (χ4v) is 3.17. The number of aromatic nitrogens is 1. The van der Waals surface area contributed by atoms with Crippen molar-refractivity contribution in [3.63, 3.8) is 0 Å². The fraction of sp³-hybridized carbons (Fsp3) is 0.200. The molecule has 1 aliphatic carbocycles. The molecule has 0 bridgehead atoms. The number of benzene rings is 2. The summed E-state index contributed by atoms with van der Waals surface area (Å²) < 4.78 is 0. The molecule has 33 heavy (non-hydrogen) atoms.